The first kappa shape index (κ1) is 29.8. The van der Waals surface area contributed by atoms with Gasteiger partial charge in [-0.05, 0) is 73.9 Å². The summed E-state index contributed by atoms with van der Waals surface area (Å²) in [6, 6.07) is 16.8. The average molecular weight is 558 g/mol. The highest BCUT2D eigenvalue weighted by molar-refractivity contribution is 7.92. The third-order valence-electron chi connectivity index (χ3n) is 6.38. The number of carbonyl (C=O) groups excluding carboxylic acids is 2. The number of anilines is 1. The highest BCUT2D eigenvalue weighted by atomic mass is 32.2. The first-order chi connectivity index (χ1) is 18.6. The number of sulfonamides is 1. The zero-order chi connectivity index (χ0) is 28.6. The van der Waals surface area contributed by atoms with Crippen LogP contribution in [0.2, 0.25) is 0 Å². The van der Waals surface area contributed by atoms with Gasteiger partial charge < -0.3 is 10.2 Å². The van der Waals surface area contributed by atoms with E-state index >= 15 is 0 Å². The van der Waals surface area contributed by atoms with Gasteiger partial charge in [-0.3, -0.25) is 13.9 Å². The molecule has 39 heavy (non-hydrogen) atoms. The Kier molecular flexibility index (Phi) is 10.2. The van der Waals surface area contributed by atoms with Crippen molar-refractivity contribution < 1.29 is 26.8 Å². The average Bonchev–Trinajstić information content (AvgIpc) is 2.93. The molecule has 0 aliphatic rings. The fraction of sp³-hybridized carbons (Fsp3) is 0.310. The van der Waals surface area contributed by atoms with Gasteiger partial charge in [0.1, 0.15) is 24.2 Å². The molecular formula is C29H33F2N3O4S. The van der Waals surface area contributed by atoms with E-state index in [-0.39, 0.29) is 35.5 Å². The van der Waals surface area contributed by atoms with Crippen molar-refractivity contribution in [3.8, 4) is 0 Å². The molecule has 0 fully saturated rings. The highest BCUT2D eigenvalue weighted by Gasteiger charge is 2.34. The van der Waals surface area contributed by atoms with Crippen LogP contribution in [0.4, 0.5) is 14.5 Å². The van der Waals surface area contributed by atoms with E-state index < -0.39 is 40.2 Å². The van der Waals surface area contributed by atoms with E-state index in [0.717, 1.165) is 16.4 Å². The standard InChI is InChI=1S/C29H33F2N3O4S/c1-4-21(3)32-29(36)27(5-2)33(19-22-11-13-23(30)14-12-22)28(35)20-34(25-17-15-24(31)16-18-25)39(37,38)26-9-7-6-8-10-26/h6-18,21,27H,4-5,19-20H2,1-3H3,(H,32,36)/t21-,27+/m1/s1. The maximum absolute atomic E-state index is 13.9. The lowest BCUT2D eigenvalue weighted by atomic mass is 10.1. The van der Waals surface area contributed by atoms with Crippen molar-refractivity contribution in [3.05, 3.63) is 96.1 Å². The van der Waals surface area contributed by atoms with Gasteiger partial charge in [-0.25, -0.2) is 17.2 Å². The van der Waals surface area contributed by atoms with E-state index in [1.165, 1.54) is 53.4 Å². The highest BCUT2D eigenvalue weighted by Crippen LogP contribution is 2.25. The smallest absolute Gasteiger partial charge is 0.264 e. The van der Waals surface area contributed by atoms with Crippen molar-refractivity contribution in [2.45, 2.75) is 57.1 Å². The number of nitrogens with one attached hydrogen (secondary N) is 1. The zero-order valence-corrected chi connectivity index (χ0v) is 23.0. The monoisotopic (exact) mass is 557 g/mol. The van der Waals surface area contributed by atoms with Crippen molar-refractivity contribution in [2.24, 2.45) is 0 Å². The molecule has 208 valence electrons. The first-order valence-corrected chi connectivity index (χ1v) is 14.2. The van der Waals surface area contributed by atoms with Gasteiger partial charge in [0.15, 0.2) is 0 Å². The van der Waals surface area contributed by atoms with Crippen molar-refractivity contribution in [2.75, 3.05) is 10.8 Å². The second kappa shape index (κ2) is 13.3. The van der Waals surface area contributed by atoms with Crippen LogP contribution in [-0.4, -0.2) is 43.8 Å². The molecule has 0 aromatic heterocycles. The van der Waals surface area contributed by atoms with E-state index in [1.807, 2.05) is 13.8 Å². The Balaban J connectivity index is 2.03. The van der Waals surface area contributed by atoms with Crippen LogP contribution in [0.25, 0.3) is 0 Å². The fourth-order valence-corrected chi connectivity index (χ4v) is 5.44. The molecule has 0 aliphatic heterocycles. The Morgan fingerprint density at radius 1 is 0.846 bits per heavy atom. The summed E-state index contributed by atoms with van der Waals surface area (Å²) in [7, 11) is -4.24. The summed E-state index contributed by atoms with van der Waals surface area (Å²) in [5, 5.41) is 2.89. The maximum Gasteiger partial charge on any atom is 0.264 e. The van der Waals surface area contributed by atoms with Crippen molar-refractivity contribution >= 4 is 27.5 Å². The lowest BCUT2D eigenvalue weighted by molar-refractivity contribution is -0.140. The minimum atomic E-state index is -4.24. The number of halogens is 2. The number of rotatable bonds is 12. The Labute approximate surface area is 228 Å². The number of hydrogen-bond acceptors (Lipinski definition) is 4. The molecular weight excluding hydrogens is 524 g/mol. The molecule has 7 nitrogen and oxygen atoms in total. The minimum Gasteiger partial charge on any atom is -0.352 e. The van der Waals surface area contributed by atoms with Gasteiger partial charge in [0.25, 0.3) is 10.0 Å². The molecule has 0 radical (unpaired) electrons. The number of benzene rings is 3. The molecule has 0 bridgehead atoms. The van der Waals surface area contributed by atoms with E-state index in [2.05, 4.69) is 5.32 Å². The number of hydrogen-bond donors (Lipinski definition) is 1. The maximum atomic E-state index is 13.9. The summed E-state index contributed by atoms with van der Waals surface area (Å²) in [5.41, 5.74) is 0.659. The van der Waals surface area contributed by atoms with Gasteiger partial charge in [0.05, 0.1) is 10.6 Å². The summed E-state index contributed by atoms with van der Waals surface area (Å²) in [6.45, 7) is 4.83. The molecule has 2 amide bonds. The van der Waals surface area contributed by atoms with Crippen LogP contribution in [-0.2, 0) is 26.2 Å². The summed E-state index contributed by atoms with van der Waals surface area (Å²) in [4.78, 5) is 28.4. The first-order valence-electron chi connectivity index (χ1n) is 12.7. The van der Waals surface area contributed by atoms with Crippen molar-refractivity contribution in [1.82, 2.24) is 10.2 Å². The van der Waals surface area contributed by atoms with Crippen LogP contribution < -0.4 is 9.62 Å². The fourth-order valence-electron chi connectivity index (χ4n) is 4.00. The van der Waals surface area contributed by atoms with Crippen LogP contribution in [0, 0.1) is 11.6 Å². The van der Waals surface area contributed by atoms with Crippen LogP contribution in [0.1, 0.15) is 39.2 Å². The summed E-state index contributed by atoms with van der Waals surface area (Å²) in [5.74, 6) is -2.03. The molecule has 0 heterocycles. The number of nitrogens with zero attached hydrogens (tertiary/aromatic N) is 2. The van der Waals surface area contributed by atoms with E-state index in [9.17, 15) is 26.8 Å². The minimum absolute atomic E-state index is 0.0474. The third-order valence-corrected chi connectivity index (χ3v) is 8.17. The van der Waals surface area contributed by atoms with Gasteiger partial charge in [0.2, 0.25) is 11.8 Å². The Morgan fingerprint density at radius 2 is 1.41 bits per heavy atom. The van der Waals surface area contributed by atoms with Crippen LogP contribution in [0.15, 0.2) is 83.8 Å². The molecule has 2 atom stereocenters. The molecule has 3 aromatic carbocycles. The third kappa shape index (κ3) is 7.63. The molecule has 0 spiro atoms. The Hall–Kier alpha value is -3.79. The molecule has 0 unspecified atom stereocenters. The van der Waals surface area contributed by atoms with Gasteiger partial charge in [-0.15, -0.1) is 0 Å². The molecule has 1 N–H and O–H groups in total. The van der Waals surface area contributed by atoms with Gasteiger partial charge >= 0.3 is 0 Å². The van der Waals surface area contributed by atoms with Crippen molar-refractivity contribution in [3.63, 3.8) is 0 Å². The van der Waals surface area contributed by atoms with Gasteiger partial charge in [-0.2, -0.15) is 0 Å². The number of carbonyl (C=O) groups is 2. The predicted molar refractivity (Wildman–Crippen MR) is 146 cm³/mol. The molecule has 0 saturated carbocycles. The Morgan fingerprint density at radius 3 is 1.95 bits per heavy atom. The summed E-state index contributed by atoms with van der Waals surface area (Å²) in [6.07, 6.45) is 0.943. The van der Waals surface area contributed by atoms with Crippen LogP contribution >= 0.6 is 0 Å². The van der Waals surface area contributed by atoms with Crippen LogP contribution in [0.5, 0.6) is 0 Å². The normalized spacial score (nSPS) is 12.8. The number of amides is 2. The quantitative estimate of drug-likeness (QED) is 0.344. The van der Waals surface area contributed by atoms with E-state index in [1.54, 1.807) is 25.1 Å². The van der Waals surface area contributed by atoms with Crippen LogP contribution in [0.3, 0.4) is 0 Å². The lowest BCUT2D eigenvalue weighted by Gasteiger charge is -2.33. The summed E-state index contributed by atoms with van der Waals surface area (Å²) < 4.78 is 55.5. The van der Waals surface area contributed by atoms with E-state index in [4.69, 9.17) is 0 Å². The second-order valence-corrected chi connectivity index (χ2v) is 11.1. The summed E-state index contributed by atoms with van der Waals surface area (Å²) >= 11 is 0. The molecule has 3 rings (SSSR count). The molecule has 0 aliphatic carbocycles. The van der Waals surface area contributed by atoms with Gasteiger partial charge in [-0.1, -0.05) is 44.2 Å². The largest absolute Gasteiger partial charge is 0.352 e. The molecule has 3 aromatic rings. The van der Waals surface area contributed by atoms with Gasteiger partial charge in [0, 0.05) is 12.6 Å². The zero-order valence-electron chi connectivity index (χ0n) is 22.2. The lowest BCUT2D eigenvalue weighted by Crippen LogP contribution is -2.53. The SMILES string of the molecule is CC[C@@H](C)NC(=O)[C@H](CC)N(Cc1ccc(F)cc1)C(=O)CN(c1ccc(F)cc1)S(=O)(=O)c1ccccc1. The second-order valence-electron chi connectivity index (χ2n) is 9.19. The molecule has 10 heteroatoms. The molecule has 0 saturated heterocycles. The van der Waals surface area contributed by atoms with Crippen molar-refractivity contribution in [1.29, 1.82) is 0 Å². The Bertz CT molecular complexity index is 1350. The van der Waals surface area contributed by atoms with E-state index in [0.29, 0.717) is 12.0 Å². The predicted octanol–water partition coefficient (Wildman–Crippen LogP) is 4.88. The topological polar surface area (TPSA) is 86.8 Å².